The quantitative estimate of drug-likeness (QED) is 0.874. The number of carbonyl (C=O) groups excluding carboxylic acids is 1. The fourth-order valence-corrected chi connectivity index (χ4v) is 2.98. The van der Waals surface area contributed by atoms with Crippen LogP contribution in [0, 0.1) is 17.8 Å². The minimum Gasteiger partial charge on any atom is -0.478 e. The van der Waals surface area contributed by atoms with Gasteiger partial charge in [-0.2, -0.15) is 0 Å². The largest absolute Gasteiger partial charge is 0.478 e. The number of carboxylic acids is 1. The highest BCUT2D eigenvalue weighted by atomic mass is 35.5. The molecule has 0 heterocycles. The van der Waals surface area contributed by atoms with Crippen molar-refractivity contribution in [1.82, 2.24) is 0 Å². The topological polar surface area (TPSA) is 66.4 Å². The third kappa shape index (κ3) is 2.80. The summed E-state index contributed by atoms with van der Waals surface area (Å²) in [6, 6.07) is 4.51. The van der Waals surface area contributed by atoms with E-state index >= 15 is 0 Å². The highest BCUT2D eigenvalue weighted by Crippen LogP contribution is 2.49. The van der Waals surface area contributed by atoms with E-state index in [0.29, 0.717) is 17.5 Å². The number of nitrogens with one attached hydrogen (secondary N) is 1. The van der Waals surface area contributed by atoms with Gasteiger partial charge in [-0.3, -0.25) is 4.79 Å². The third-order valence-corrected chi connectivity index (χ3v) is 4.34. The Hall–Kier alpha value is -1.55. The molecule has 106 valence electrons. The average molecular weight is 294 g/mol. The predicted octanol–water partition coefficient (Wildman–Crippen LogP) is 3.41. The first kappa shape index (κ1) is 13.4. The maximum Gasteiger partial charge on any atom is 0.337 e. The number of benzene rings is 1. The van der Waals surface area contributed by atoms with Crippen LogP contribution in [-0.4, -0.2) is 17.0 Å². The zero-order chi connectivity index (χ0) is 14.3. The SMILES string of the molecule is O=C(O)c1ccc(NC(=O)C(C2CC2)C2CC2)cc1Cl. The predicted molar refractivity (Wildman–Crippen MR) is 76.0 cm³/mol. The standard InChI is InChI=1S/C15H16ClNO3/c16-12-7-10(5-6-11(12)15(19)20)17-14(18)13(8-1-2-8)9-3-4-9/h5-9,13H,1-4H2,(H,17,18)(H,19,20). The number of amides is 1. The van der Waals surface area contributed by atoms with Crippen LogP contribution in [0.4, 0.5) is 5.69 Å². The van der Waals surface area contributed by atoms with E-state index in [-0.39, 0.29) is 22.4 Å². The Labute approximate surface area is 122 Å². The molecule has 1 aromatic rings. The van der Waals surface area contributed by atoms with Gasteiger partial charge in [0.25, 0.3) is 0 Å². The van der Waals surface area contributed by atoms with E-state index in [4.69, 9.17) is 16.7 Å². The maximum atomic E-state index is 12.3. The lowest BCUT2D eigenvalue weighted by Crippen LogP contribution is -2.26. The van der Waals surface area contributed by atoms with Crippen molar-refractivity contribution in [3.8, 4) is 0 Å². The molecule has 2 N–H and O–H groups in total. The van der Waals surface area contributed by atoms with Crippen LogP contribution in [0.25, 0.3) is 0 Å². The Morgan fingerprint density at radius 3 is 2.25 bits per heavy atom. The van der Waals surface area contributed by atoms with Gasteiger partial charge in [-0.15, -0.1) is 0 Å². The first-order valence-corrected chi connectivity index (χ1v) is 7.28. The Morgan fingerprint density at radius 1 is 1.20 bits per heavy atom. The first-order valence-electron chi connectivity index (χ1n) is 6.90. The summed E-state index contributed by atoms with van der Waals surface area (Å²) in [5.41, 5.74) is 0.613. The van der Waals surface area contributed by atoms with Crippen molar-refractivity contribution in [2.75, 3.05) is 5.32 Å². The van der Waals surface area contributed by atoms with Crippen molar-refractivity contribution >= 4 is 29.2 Å². The summed E-state index contributed by atoms with van der Waals surface area (Å²) in [5, 5.41) is 11.9. The van der Waals surface area contributed by atoms with Crippen LogP contribution >= 0.6 is 11.6 Å². The van der Waals surface area contributed by atoms with Crippen molar-refractivity contribution in [3.05, 3.63) is 28.8 Å². The van der Waals surface area contributed by atoms with Crippen LogP contribution in [0.5, 0.6) is 0 Å². The van der Waals surface area contributed by atoms with Gasteiger partial charge in [-0.05, 0) is 55.7 Å². The van der Waals surface area contributed by atoms with Crippen molar-refractivity contribution in [2.45, 2.75) is 25.7 Å². The second kappa shape index (κ2) is 5.09. The highest BCUT2D eigenvalue weighted by molar-refractivity contribution is 6.33. The Bertz CT molecular complexity index is 552. The summed E-state index contributed by atoms with van der Waals surface area (Å²) < 4.78 is 0. The summed E-state index contributed by atoms with van der Waals surface area (Å²) >= 11 is 5.91. The first-order chi connectivity index (χ1) is 9.56. The zero-order valence-electron chi connectivity index (χ0n) is 10.9. The lowest BCUT2D eigenvalue weighted by Gasteiger charge is -2.15. The van der Waals surface area contributed by atoms with Crippen LogP contribution in [0.2, 0.25) is 5.02 Å². The number of anilines is 1. The van der Waals surface area contributed by atoms with Crippen LogP contribution < -0.4 is 5.32 Å². The Balaban J connectivity index is 1.72. The molecule has 2 fully saturated rings. The van der Waals surface area contributed by atoms with E-state index in [9.17, 15) is 9.59 Å². The molecule has 1 aromatic carbocycles. The molecule has 4 nitrogen and oxygen atoms in total. The fraction of sp³-hybridized carbons (Fsp3) is 0.467. The second-order valence-electron chi connectivity index (χ2n) is 5.69. The monoisotopic (exact) mass is 293 g/mol. The number of halogens is 1. The van der Waals surface area contributed by atoms with E-state index in [0.717, 1.165) is 25.7 Å². The van der Waals surface area contributed by atoms with Crippen LogP contribution in [-0.2, 0) is 4.79 Å². The lowest BCUT2D eigenvalue weighted by molar-refractivity contribution is -0.121. The molecule has 2 saturated carbocycles. The summed E-state index contributed by atoms with van der Waals surface area (Å²) in [6.45, 7) is 0. The molecule has 2 aliphatic carbocycles. The van der Waals surface area contributed by atoms with Gasteiger partial charge < -0.3 is 10.4 Å². The van der Waals surface area contributed by atoms with Crippen molar-refractivity contribution in [2.24, 2.45) is 17.8 Å². The molecule has 1 amide bonds. The number of carboxylic acid groups (broad SMARTS) is 1. The van der Waals surface area contributed by atoms with Crippen molar-refractivity contribution in [1.29, 1.82) is 0 Å². The van der Waals surface area contributed by atoms with E-state index < -0.39 is 5.97 Å². The summed E-state index contributed by atoms with van der Waals surface area (Å²) in [6.07, 6.45) is 4.58. The van der Waals surface area contributed by atoms with E-state index in [1.165, 1.54) is 12.1 Å². The summed E-state index contributed by atoms with van der Waals surface area (Å²) in [7, 11) is 0. The van der Waals surface area contributed by atoms with Gasteiger partial charge in [-0.25, -0.2) is 4.79 Å². The normalized spacial score (nSPS) is 18.1. The summed E-state index contributed by atoms with van der Waals surface area (Å²) in [5.74, 6) is 0.177. The van der Waals surface area contributed by atoms with E-state index in [1.807, 2.05) is 0 Å². The number of hydrogen-bond donors (Lipinski definition) is 2. The Kier molecular flexibility index (Phi) is 3.42. The van der Waals surface area contributed by atoms with Crippen LogP contribution in [0.1, 0.15) is 36.0 Å². The van der Waals surface area contributed by atoms with E-state index in [1.54, 1.807) is 6.07 Å². The van der Waals surface area contributed by atoms with Crippen LogP contribution in [0.3, 0.4) is 0 Å². The van der Waals surface area contributed by atoms with Crippen molar-refractivity contribution < 1.29 is 14.7 Å². The number of aromatic carboxylic acids is 1. The molecule has 20 heavy (non-hydrogen) atoms. The number of hydrogen-bond acceptors (Lipinski definition) is 2. The molecule has 0 radical (unpaired) electrons. The molecule has 0 saturated heterocycles. The van der Waals surface area contributed by atoms with Gasteiger partial charge in [0, 0.05) is 11.6 Å². The molecule has 0 bridgehead atoms. The summed E-state index contributed by atoms with van der Waals surface area (Å²) in [4.78, 5) is 23.2. The maximum absolute atomic E-state index is 12.3. The highest BCUT2D eigenvalue weighted by Gasteiger charge is 2.45. The molecule has 0 aliphatic heterocycles. The molecule has 0 spiro atoms. The van der Waals surface area contributed by atoms with Crippen LogP contribution in [0.15, 0.2) is 18.2 Å². The van der Waals surface area contributed by atoms with Gasteiger partial charge in [0.15, 0.2) is 0 Å². The lowest BCUT2D eigenvalue weighted by atomic mass is 9.97. The molecular formula is C15H16ClNO3. The minimum absolute atomic E-state index is 0.0469. The molecular weight excluding hydrogens is 278 g/mol. The molecule has 5 heteroatoms. The fourth-order valence-electron chi connectivity index (χ4n) is 2.72. The average Bonchev–Trinajstić information content (AvgIpc) is 3.23. The van der Waals surface area contributed by atoms with E-state index in [2.05, 4.69) is 5.32 Å². The number of rotatable bonds is 5. The van der Waals surface area contributed by atoms with Crippen molar-refractivity contribution in [3.63, 3.8) is 0 Å². The van der Waals surface area contributed by atoms with Gasteiger partial charge in [0.1, 0.15) is 0 Å². The van der Waals surface area contributed by atoms with Gasteiger partial charge in [-0.1, -0.05) is 11.6 Å². The molecule has 2 aliphatic rings. The second-order valence-corrected chi connectivity index (χ2v) is 6.10. The molecule has 0 atom stereocenters. The third-order valence-electron chi connectivity index (χ3n) is 4.03. The smallest absolute Gasteiger partial charge is 0.337 e. The molecule has 3 rings (SSSR count). The van der Waals surface area contributed by atoms with Gasteiger partial charge >= 0.3 is 5.97 Å². The zero-order valence-corrected chi connectivity index (χ0v) is 11.7. The molecule has 0 aromatic heterocycles. The van der Waals surface area contributed by atoms with Gasteiger partial charge in [0.2, 0.25) is 5.91 Å². The Morgan fingerprint density at radius 2 is 1.80 bits per heavy atom. The minimum atomic E-state index is -1.07. The molecule has 0 unspecified atom stereocenters. The van der Waals surface area contributed by atoms with Gasteiger partial charge in [0.05, 0.1) is 10.6 Å². The number of carbonyl (C=O) groups is 2.